The summed E-state index contributed by atoms with van der Waals surface area (Å²) < 4.78 is 1.10. The van der Waals surface area contributed by atoms with E-state index in [0.717, 1.165) is 26.5 Å². The van der Waals surface area contributed by atoms with Crippen molar-refractivity contribution in [2.45, 2.75) is 6.42 Å². The summed E-state index contributed by atoms with van der Waals surface area (Å²) in [4.78, 5) is 30.1. The summed E-state index contributed by atoms with van der Waals surface area (Å²) in [5, 5.41) is 0.863. The number of thiazole rings is 1. The molecule has 0 aliphatic carbocycles. The fraction of sp³-hybridized carbons (Fsp3) is 0.167. The maximum atomic E-state index is 12.3. The van der Waals surface area contributed by atoms with Gasteiger partial charge >= 0.3 is 0 Å². The van der Waals surface area contributed by atoms with Gasteiger partial charge in [0.1, 0.15) is 5.01 Å². The fourth-order valence-electron chi connectivity index (χ4n) is 3.01. The predicted molar refractivity (Wildman–Crippen MR) is 94.7 cm³/mol. The lowest BCUT2D eigenvalue weighted by molar-refractivity contribution is -0.123. The number of nitrogens with zero attached hydrogens (tertiary/aromatic N) is 2. The molecule has 4 rings (SSSR count). The Balaban J connectivity index is 1.78. The van der Waals surface area contributed by atoms with Crippen LogP contribution in [0, 0.1) is 5.92 Å². The third-order valence-electron chi connectivity index (χ3n) is 4.25. The number of primary amides is 1. The predicted octanol–water partition coefficient (Wildman–Crippen LogP) is 2.80. The van der Waals surface area contributed by atoms with Crippen LogP contribution in [0.1, 0.15) is 6.42 Å². The second kappa shape index (κ2) is 5.72. The zero-order chi connectivity index (χ0) is 16.7. The molecule has 1 saturated heterocycles. The van der Waals surface area contributed by atoms with Crippen molar-refractivity contribution >= 4 is 39.1 Å². The van der Waals surface area contributed by atoms with Crippen LogP contribution in [0.4, 0.5) is 5.69 Å². The maximum absolute atomic E-state index is 12.3. The number of anilines is 1. The third kappa shape index (κ3) is 2.45. The van der Waals surface area contributed by atoms with Gasteiger partial charge in [-0.2, -0.15) is 0 Å². The molecule has 2 amide bonds. The zero-order valence-corrected chi connectivity index (χ0v) is 13.6. The average molecular weight is 337 g/mol. The van der Waals surface area contributed by atoms with Gasteiger partial charge in [-0.25, -0.2) is 4.98 Å². The van der Waals surface area contributed by atoms with Crippen LogP contribution < -0.4 is 10.6 Å². The smallest absolute Gasteiger partial charge is 0.227 e. The number of rotatable bonds is 3. The highest BCUT2D eigenvalue weighted by atomic mass is 32.1. The van der Waals surface area contributed by atoms with Crippen LogP contribution in [0.2, 0.25) is 0 Å². The van der Waals surface area contributed by atoms with Gasteiger partial charge in [-0.05, 0) is 24.3 Å². The Morgan fingerprint density at radius 3 is 2.67 bits per heavy atom. The van der Waals surface area contributed by atoms with Crippen molar-refractivity contribution in [2.24, 2.45) is 11.7 Å². The molecule has 6 heteroatoms. The minimum Gasteiger partial charge on any atom is -0.369 e. The molecule has 1 aliphatic heterocycles. The number of hydrogen-bond acceptors (Lipinski definition) is 4. The molecule has 1 aliphatic rings. The van der Waals surface area contributed by atoms with Crippen LogP contribution in [0.25, 0.3) is 20.8 Å². The highest BCUT2D eigenvalue weighted by molar-refractivity contribution is 7.21. The van der Waals surface area contributed by atoms with Crippen molar-refractivity contribution in [3.05, 3.63) is 48.5 Å². The van der Waals surface area contributed by atoms with E-state index in [4.69, 9.17) is 5.73 Å². The molecule has 1 fully saturated rings. The molecule has 120 valence electrons. The van der Waals surface area contributed by atoms with E-state index in [1.165, 1.54) is 0 Å². The summed E-state index contributed by atoms with van der Waals surface area (Å²) in [6.45, 7) is 0.329. The van der Waals surface area contributed by atoms with Crippen LogP contribution in [-0.4, -0.2) is 23.3 Å². The Bertz CT molecular complexity index is 917. The highest BCUT2D eigenvalue weighted by Crippen LogP contribution is 2.38. The molecule has 3 aromatic rings. The van der Waals surface area contributed by atoms with Crippen molar-refractivity contribution in [1.82, 2.24) is 4.98 Å². The quantitative estimate of drug-likeness (QED) is 0.798. The van der Waals surface area contributed by atoms with Gasteiger partial charge in [-0.15, -0.1) is 11.3 Å². The number of para-hydroxylation sites is 2. The van der Waals surface area contributed by atoms with E-state index in [-0.39, 0.29) is 12.3 Å². The Morgan fingerprint density at radius 1 is 1.17 bits per heavy atom. The van der Waals surface area contributed by atoms with Crippen LogP contribution in [0.3, 0.4) is 0 Å². The number of fused-ring (bicyclic) bond motifs is 1. The molecule has 0 unspecified atom stereocenters. The molecular formula is C18H15N3O2S. The summed E-state index contributed by atoms with van der Waals surface area (Å²) in [6, 6.07) is 15.6. The Labute approximate surface area is 142 Å². The Kier molecular flexibility index (Phi) is 3.54. The third-order valence-corrected chi connectivity index (χ3v) is 5.32. The maximum Gasteiger partial charge on any atom is 0.227 e. The molecule has 24 heavy (non-hydrogen) atoms. The number of benzene rings is 2. The SMILES string of the molecule is NC(=O)[C@@H]1CC(=O)N(c2ccccc2-c2nc3ccccc3s2)C1. The van der Waals surface area contributed by atoms with E-state index in [1.807, 2.05) is 48.5 Å². The molecule has 5 nitrogen and oxygen atoms in total. The number of aromatic nitrogens is 1. The molecule has 0 spiro atoms. The molecule has 2 heterocycles. The van der Waals surface area contributed by atoms with E-state index >= 15 is 0 Å². The zero-order valence-electron chi connectivity index (χ0n) is 12.8. The van der Waals surface area contributed by atoms with E-state index in [9.17, 15) is 9.59 Å². The van der Waals surface area contributed by atoms with E-state index < -0.39 is 11.8 Å². The van der Waals surface area contributed by atoms with Crippen molar-refractivity contribution < 1.29 is 9.59 Å². The van der Waals surface area contributed by atoms with Gasteiger partial charge in [-0.1, -0.05) is 24.3 Å². The van der Waals surface area contributed by atoms with E-state index in [0.29, 0.717) is 6.54 Å². The molecule has 2 N–H and O–H groups in total. The fourth-order valence-corrected chi connectivity index (χ4v) is 4.01. The molecule has 1 aromatic heterocycles. The van der Waals surface area contributed by atoms with Crippen molar-refractivity contribution in [1.29, 1.82) is 0 Å². The first-order chi connectivity index (χ1) is 11.6. The summed E-state index contributed by atoms with van der Waals surface area (Å²) in [6.07, 6.45) is 0.170. The number of hydrogen-bond donors (Lipinski definition) is 1. The molecule has 0 radical (unpaired) electrons. The minimum atomic E-state index is -0.430. The molecule has 2 aromatic carbocycles. The monoisotopic (exact) mass is 337 g/mol. The summed E-state index contributed by atoms with van der Waals surface area (Å²) in [5.41, 5.74) is 8.00. The highest BCUT2D eigenvalue weighted by Gasteiger charge is 2.35. The molecular weight excluding hydrogens is 322 g/mol. The minimum absolute atomic E-state index is 0.0765. The first-order valence-electron chi connectivity index (χ1n) is 7.68. The number of carbonyl (C=O) groups excluding carboxylic acids is 2. The van der Waals surface area contributed by atoms with Gasteiger partial charge in [0.15, 0.2) is 0 Å². The lowest BCUT2D eigenvalue weighted by Gasteiger charge is -2.19. The van der Waals surface area contributed by atoms with E-state index in [1.54, 1.807) is 16.2 Å². The van der Waals surface area contributed by atoms with Gasteiger partial charge in [-0.3, -0.25) is 9.59 Å². The summed E-state index contributed by atoms with van der Waals surface area (Å²) in [5.74, 6) is -0.934. The first-order valence-corrected chi connectivity index (χ1v) is 8.50. The Hall–Kier alpha value is -2.73. The molecule has 1 atom stereocenters. The van der Waals surface area contributed by atoms with Gasteiger partial charge < -0.3 is 10.6 Å². The van der Waals surface area contributed by atoms with Crippen LogP contribution >= 0.6 is 11.3 Å². The van der Waals surface area contributed by atoms with Crippen molar-refractivity contribution in [3.63, 3.8) is 0 Å². The standard InChI is InChI=1S/C18H15N3O2S/c19-17(23)11-9-16(22)21(10-11)14-7-3-1-5-12(14)18-20-13-6-2-4-8-15(13)24-18/h1-8,11H,9-10H2,(H2,19,23)/t11-/m1/s1. The molecule has 0 bridgehead atoms. The summed E-state index contributed by atoms with van der Waals surface area (Å²) >= 11 is 1.59. The second-order valence-electron chi connectivity index (χ2n) is 5.81. The molecule has 0 saturated carbocycles. The van der Waals surface area contributed by atoms with Gasteiger partial charge in [0, 0.05) is 18.5 Å². The number of nitrogens with two attached hydrogens (primary N) is 1. The van der Waals surface area contributed by atoms with Crippen LogP contribution in [0.15, 0.2) is 48.5 Å². The van der Waals surface area contributed by atoms with Crippen molar-refractivity contribution in [2.75, 3.05) is 11.4 Å². The average Bonchev–Trinajstić information content (AvgIpc) is 3.18. The number of carbonyl (C=O) groups is 2. The lowest BCUT2D eigenvalue weighted by atomic mass is 10.1. The first kappa shape index (κ1) is 14.8. The number of amides is 2. The van der Waals surface area contributed by atoms with Gasteiger partial charge in [0.25, 0.3) is 0 Å². The van der Waals surface area contributed by atoms with Gasteiger partial charge in [0.05, 0.1) is 21.8 Å². The summed E-state index contributed by atoms with van der Waals surface area (Å²) in [7, 11) is 0. The largest absolute Gasteiger partial charge is 0.369 e. The topological polar surface area (TPSA) is 76.3 Å². The Morgan fingerprint density at radius 2 is 1.92 bits per heavy atom. The normalized spacial score (nSPS) is 17.6. The second-order valence-corrected chi connectivity index (χ2v) is 6.84. The van der Waals surface area contributed by atoms with Crippen LogP contribution in [-0.2, 0) is 9.59 Å². The van der Waals surface area contributed by atoms with Crippen LogP contribution in [0.5, 0.6) is 0 Å². The van der Waals surface area contributed by atoms with Gasteiger partial charge in [0.2, 0.25) is 11.8 Å². The lowest BCUT2D eigenvalue weighted by Crippen LogP contribution is -2.28. The van der Waals surface area contributed by atoms with E-state index in [2.05, 4.69) is 4.98 Å². The van der Waals surface area contributed by atoms with Crippen molar-refractivity contribution in [3.8, 4) is 10.6 Å².